The molecule has 0 aliphatic heterocycles. The molecule has 0 saturated heterocycles. The Hall–Kier alpha value is -1.66. The highest BCUT2D eigenvalue weighted by molar-refractivity contribution is 7.90. The van der Waals surface area contributed by atoms with Gasteiger partial charge in [-0.2, -0.15) is 0 Å². The Morgan fingerprint density at radius 3 is 2.33 bits per heavy atom. The molecule has 1 aromatic heterocycles. The maximum atomic E-state index is 12.0. The highest BCUT2D eigenvalue weighted by atomic mass is 32.2. The molecule has 2 aromatic rings. The van der Waals surface area contributed by atoms with E-state index >= 15 is 0 Å². The van der Waals surface area contributed by atoms with Crippen LogP contribution in [-0.4, -0.2) is 27.1 Å². The van der Waals surface area contributed by atoms with E-state index in [2.05, 4.69) is 0 Å². The maximum Gasteiger partial charge on any atom is 0.210 e. The van der Waals surface area contributed by atoms with Crippen molar-refractivity contribution < 1.29 is 17.9 Å². The molecular formula is C15H16O4S2. The summed E-state index contributed by atoms with van der Waals surface area (Å²) in [4.78, 5) is 14.0. The van der Waals surface area contributed by atoms with Gasteiger partial charge in [-0.15, -0.1) is 11.3 Å². The smallest absolute Gasteiger partial charge is 0.210 e. The zero-order chi connectivity index (χ0) is 15.5. The summed E-state index contributed by atoms with van der Waals surface area (Å²) in [5.74, 6) is 0.398. The summed E-state index contributed by atoms with van der Waals surface area (Å²) in [6.07, 6.45) is 2.06. The van der Waals surface area contributed by atoms with E-state index in [9.17, 15) is 13.2 Å². The summed E-state index contributed by atoms with van der Waals surface area (Å²) in [7, 11) is -3.21. The van der Waals surface area contributed by atoms with Gasteiger partial charge in [-0.3, -0.25) is 4.79 Å². The molecule has 0 fully saturated rings. The van der Waals surface area contributed by atoms with E-state index in [0.717, 1.165) is 17.6 Å². The summed E-state index contributed by atoms with van der Waals surface area (Å²) >= 11 is 1.47. The van der Waals surface area contributed by atoms with Gasteiger partial charge in [0.1, 0.15) is 5.75 Å². The van der Waals surface area contributed by atoms with Crippen LogP contribution in [0.1, 0.15) is 21.5 Å². The number of hydrogen-bond donors (Lipinski definition) is 0. The lowest BCUT2D eigenvalue weighted by Crippen LogP contribution is -2.10. The molecule has 0 radical (unpaired) electrons. The molecule has 112 valence electrons. The van der Waals surface area contributed by atoms with Gasteiger partial charge in [0.25, 0.3) is 0 Å². The lowest BCUT2D eigenvalue weighted by Gasteiger charge is -2.05. The lowest BCUT2D eigenvalue weighted by atomic mass is 10.3. The second-order valence-electron chi connectivity index (χ2n) is 4.57. The molecule has 0 spiro atoms. The molecule has 2 rings (SSSR count). The number of carbonyl (C=O) groups excluding carboxylic acids is 1. The van der Waals surface area contributed by atoms with Crippen LogP contribution in [0, 0.1) is 0 Å². The van der Waals surface area contributed by atoms with E-state index in [0.29, 0.717) is 10.6 Å². The van der Waals surface area contributed by atoms with Crippen molar-refractivity contribution >= 4 is 27.0 Å². The first kappa shape index (κ1) is 15.7. The van der Waals surface area contributed by atoms with Gasteiger partial charge in [-0.1, -0.05) is 6.92 Å². The Morgan fingerprint density at radius 2 is 1.81 bits per heavy atom. The molecule has 0 aliphatic carbocycles. The van der Waals surface area contributed by atoms with E-state index in [1.807, 2.05) is 19.1 Å². The van der Waals surface area contributed by atoms with Gasteiger partial charge in [0, 0.05) is 11.1 Å². The molecule has 1 aromatic carbocycles. The molecule has 6 heteroatoms. The van der Waals surface area contributed by atoms with Crippen LogP contribution < -0.4 is 4.74 Å². The van der Waals surface area contributed by atoms with E-state index in [1.54, 1.807) is 12.1 Å². The van der Waals surface area contributed by atoms with Crippen LogP contribution in [0.5, 0.6) is 5.75 Å². The highest BCUT2D eigenvalue weighted by Crippen LogP contribution is 2.19. The Kier molecular flexibility index (Phi) is 4.80. The fraction of sp³-hybridized carbons (Fsp3) is 0.267. The molecular weight excluding hydrogens is 308 g/mol. The summed E-state index contributed by atoms with van der Waals surface area (Å²) in [6.45, 7) is 1.99. The SMILES string of the molecule is CCc1ccc(C(=O)COc2ccc(S(C)(=O)=O)cc2)s1. The third-order valence-electron chi connectivity index (χ3n) is 2.91. The van der Waals surface area contributed by atoms with E-state index in [1.165, 1.54) is 23.5 Å². The molecule has 0 unspecified atom stereocenters. The van der Waals surface area contributed by atoms with E-state index in [-0.39, 0.29) is 17.3 Å². The fourth-order valence-corrected chi connectivity index (χ4v) is 3.22. The minimum atomic E-state index is -3.21. The summed E-state index contributed by atoms with van der Waals surface area (Å²) < 4.78 is 28.1. The number of ketones is 1. The van der Waals surface area contributed by atoms with Gasteiger partial charge < -0.3 is 4.74 Å². The summed E-state index contributed by atoms with van der Waals surface area (Å²) in [5.41, 5.74) is 0. The van der Waals surface area contributed by atoms with Gasteiger partial charge in [-0.05, 0) is 42.8 Å². The Morgan fingerprint density at radius 1 is 1.14 bits per heavy atom. The molecule has 0 N–H and O–H groups in total. The minimum Gasteiger partial charge on any atom is -0.485 e. The molecule has 0 bridgehead atoms. The third kappa shape index (κ3) is 4.15. The first-order chi connectivity index (χ1) is 9.90. The molecule has 4 nitrogen and oxygen atoms in total. The average molecular weight is 324 g/mol. The molecule has 0 amide bonds. The number of aryl methyl sites for hydroxylation is 1. The number of ether oxygens (including phenoxy) is 1. The quantitative estimate of drug-likeness (QED) is 0.767. The van der Waals surface area contributed by atoms with E-state index < -0.39 is 9.84 Å². The molecule has 21 heavy (non-hydrogen) atoms. The van der Waals surface area contributed by atoms with Crippen molar-refractivity contribution in [2.75, 3.05) is 12.9 Å². The van der Waals surface area contributed by atoms with Crippen LogP contribution in [-0.2, 0) is 16.3 Å². The van der Waals surface area contributed by atoms with Crippen LogP contribution >= 0.6 is 11.3 Å². The molecule has 0 atom stereocenters. The van der Waals surface area contributed by atoms with Gasteiger partial charge in [-0.25, -0.2) is 8.42 Å². The minimum absolute atomic E-state index is 0.0537. The number of rotatable bonds is 6. The molecule has 0 aliphatic rings. The number of benzene rings is 1. The monoisotopic (exact) mass is 324 g/mol. The second kappa shape index (κ2) is 6.41. The summed E-state index contributed by atoms with van der Waals surface area (Å²) in [6, 6.07) is 9.79. The number of hydrogen-bond acceptors (Lipinski definition) is 5. The molecule has 1 heterocycles. The second-order valence-corrected chi connectivity index (χ2v) is 7.76. The first-order valence-corrected chi connectivity index (χ1v) is 9.16. The number of Topliss-reactive ketones (excluding diaryl/α,β-unsaturated/α-hetero) is 1. The van der Waals surface area contributed by atoms with Crippen LogP contribution in [0.2, 0.25) is 0 Å². The van der Waals surface area contributed by atoms with Crippen LogP contribution in [0.15, 0.2) is 41.3 Å². The molecule has 0 saturated carbocycles. The number of carbonyl (C=O) groups is 1. The van der Waals surface area contributed by atoms with Gasteiger partial charge >= 0.3 is 0 Å². The third-order valence-corrected chi connectivity index (χ3v) is 5.31. The average Bonchev–Trinajstić information content (AvgIpc) is 2.93. The van der Waals surface area contributed by atoms with Crippen molar-refractivity contribution in [1.29, 1.82) is 0 Å². The van der Waals surface area contributed by atoms with E-state index in [4.69, 9.17) is 4.74 Å². The topological polar surface area (TPSA) is 60.4 Å². The van der Waals surface area contributed by atoms with Gasteiger partial charge in [0.05, 0.1) is 9.77 Å². The van der Waals surface area contributed by atoms with Crippen molar-refractivity contribution in [2.24, 2.45) is 0 Å². The van der Waals surface area contributed by atoms with Crippen LogP contribution in [0.3, 0.4) is 0 Å². The number of thiophene rings is 1. The Bertz CT molecular complexity index is 727. The van der Waals surface area contributed by atoms with Crippen molar-refractivity contribution in [2.45, 2.75) is 18.2 Å². The normalized spacial score (nSPS) is 11.3. The summed E-state index contributed by atoms with van der Waals surface area (Å²) in [5, 5.41) is 0. The zero-order valence-electron chi connectivity index (χ0n) is 11.8. The fourth-order valence-electron chi connectivity index (χ4n) is 1.72. The maximum absolute atomic E-state index is 12.0. The van der Waals surface area contributed by atoms with Gasteiger partial charge in [0.15, 0.2) is 16.4 Å². The first-order valence-electron chi connectivity index (χ1n) is 6.45. The van der Waals surface area contributed by atoms with Crippen molar-refractivity contribution in [1.82, 2.24) is 0 Å². The standard InChI is InChI=1S/C15H16O4S2/c1-3-12-6-9-15(20-12)14(16)10-19-11-4-7-13(8-5-11)21(2,17)18/h4-9H,3,10H2,1-2H3. The predicted octanol–water partition coefficient (Wildman–Crippen LogP) is 2.98. The Labute approximate surface area is 128 Å². The van der Waals surface area contributed by atoms with Crippen LogP contribution in [0.25, 0.3) is 0 Å². The van der Waals surface area contributed by atoms with Crippen molar-refractivity contribution in [3.05, 3.63) is 46.2 Å². The number of sulfone groups is 1. The lowest BCUT2D eigenvalue weighted by molar-refractivity contribution is 0.0925. The predicted molar refractivity (Wildman–Crippen MR) is 83.1 cm³/mol. The Balaban J connectivity index is 1.98. The zero-order valence-corrected chi connectivity index (χ0v) is 13.5. The van der Waals surface area contributed by atoms with Crippen LogP contribution in [0.4, 0.5) is 0 Å². The highest BCUT2D eigenvalue weighted by Gasteiger charge is 2.11. The largest absolute Gasteiger partial charge is 0.485 e. The van der Waals surface area contributed by atoms with Crippen molar-refractivity contribution in [3.63, 3.8) is 0 Å². The van der Waals surface area contributed by atoms with Crippen molar-refractivity contribution in [3.8, 4) is 5.75 Å². The van der Waals surface area contributed by atoms with Gasteiger partial charge in [0.2, 0.25) is 5.78 Å².